The average Bonchev–Trinajstić information content (AvgIpc) is 3.22. The molecule has 0 radical (unpaired) electrons. The molecule has 190 valence electrons. The van der Waals surface area contributed by atoms with Crippen molar-refractivity contribution in [1.82, 2.24) is 29.7 Å². The largest absolute Gasteiger partial charge is 0.388 e. The number of methoxy groups -OCH3 is 1. The van der Waals surface area contributed by atoms with Gasteiger partial charge in [0, 0.05) is 43.5 Å². The second kappa shape index (κ2) is 12.6. The molecule has 0 bridgehead atoms. The van der Waals surface area contributed by atoms with Crippen molar-refractivity contribution < 1.29 is 14.6 Å². The summed E-state index contributed by atoms with van der Waals surface area (Å²) in [4.78, 5) is 26.7. The van der Waals surface area contributed by atoms with E-state index in [1.165, 1.54) is 6.33 Å². The Balaban J connectivity index is 1.49. The minimum atomic E-state index is -0.795. The number of anilines is 2. The third kappa shape index (κ3) is 7.49. The maximum Gasteiger partial charge on any atom is 0.319 e. The molecule has 0 aliphatic heterocycles. The fraction of sp³-hybridized carbons (Fsp3) is 0.478. The number of aliphatic hydroxyl groups excluding tert-OH is 1. The van der Waals surface area contributed by atoms with E-state index >= 15 is 0 Å². The Labute approximate surface area is 209 Å². The summed E-state index contributed by atoms with van der Waals surface area (Å²) in [6.07, 6.45) is 2.46. The third-order valence-corrected chi connectivity index (χ3v) is 5.92. The highest BCUT2D eigenvalue weighted by atomic mass is 35.5. The van der Waals surface area contributed by atoms with Crippen LogP contribution in [0.3, 0.4) is 0 Å². The quantitative estimate of drug-likeness (QED) is 0.275. The van der Waals surface area contributed by atoms with Crippen LogP contribution >= 0.6 is 11.6 Å². The molecule has 0 saturated heterocycles. The molecule has 2 atom stereocenters. The van der Waals surface area contributed by atoms with Crippen LogP contribution in [0, 0.1) is 0 Å². The van der Waals surface area contributed by atoms with E-state index in [4.69, 9.17) is 22.1 Å². The number of rotatable bonds is 12. The fourth-order valence-electron chi connectivity index (χ4n) is 3.72. The number of nitrogen functional groups attached to an aromatic ring is 1. The monoisotopic (exact) mass is 504 g/mol. The molecule has 35 heavy (non-hydrogen) atoms. The van der Waals surface area contributed by atoms with E-state index in [0.29, 0.717) is 40.8 Å². The van der Waals surface area contributed by atoms with Gasteiger partial charge < -0.3 is 30.8 Å². The number of carbonyl (C=O) groups is 1. The van der Waals surface area contributed by atoms with Crippen LogP contribution < -0.4 is 16.4 Å². The lowest BCUT2D eigenvalue weighted by atomic mass is 10.1. The molecule has 1 aromatic carbocycles. The second-order valence-corrected chi connectivity index (χ2v) is 8.94. The van der Waals surface area contributed by atoms with Gasteiger partial charge in [-0.15, -0.1) is 0 Å². The lowest BCUT2D eigenvalue weighted by Gasteiger charge is -2.32. The SMILES string of the molecule is COC(CN(CCCNC(=O)Nc1cccc(Cl)c1)C(C)C)[C@@H](O)Cn1cnc2c(N)ncnc21. The van der Waals surface area contributed by atoms with E-state index in [9.17, 15) is 9.90 Å². The highest BCUT2D eigenvalue weighted by Crippen LogP contribution is 2.17. The Morgan fingerprint density at radius 2 is 2.11 bits per heavy atom. The van der Waals surface area contributed by atoms with E-state index in [1.807, 2.05) is 0 Å². The zero-order chi connectivity index (χ0) is 25.4. The van der Waals surface area contributed by atoms with E-state index in [1.54, 1.807) is 42.3 Å². The van der Waals surface area contributed by atoms with Gasteiger partial charge in [-0.1, -0.05) is 17.7 Å². The zero-order valence-electron chi connectivity index (χ0n) is 20.2. The van der Waals surface area contributed by atoms with Crippen molar-refractivity contribution in [3.63, 3.8) is 0 Å². The first-order chi connectivity index (χ1) is 16.8. The van der Waals surface area contributed by atoms with Gasteiger partial charge in [-0.2, -0.15) is 0 Å². The fourth-order valence-corrected chi connectivity index (χ4v) is 3.91. The summed E-state index contributed by atoms with van der Waals surface area (Å²) in [5.74, 6) is 0.298. The molecule has 3 rings (SSSR count). The summed E-state index contributed by atoms with van der Waals surface area (Å²) < 4.78 is 7.37. The number of nitrogens with zero attached hydrogens (tertiary/aromatic N) is 5. The Morgan fingerprint density at radius 3 is 2.83 bits per heavy atom. The summed E-state index contributed by atoms with van der Waals surface area (Å²) in [6, 6.07) is 6.92. The Bertz CT molecular complexity index is 1110. The summed E-state index contributed by atoms with van der Waals surface area (Å²) in [5, 5.41) is 17.1. The maximum atomic E-state index is 12.1. The highest BCUT2D eigenvalue weighted by molar-refractivity contribution is 6.30. The average molecular weight is 505 g/mol. The third-order valence-electron chi connectivity index (χ3n) is 5.68. The van der Waals surface area contributed by atoms with Crippen LogP contribution in [0.25, 0.3) is 11.2 Å². The van der Waals surface area contributed by atoms with E-state index in [0.717, 1.165) is 13.0 Å². The topological polar surface area (TPSA) is 143 Å². The molecule has 12 heteroatoms. The van der Waals surface area contributed by atoms with Crippen LogP contribution in [0.2, 0.25) is 5.02 Å². The van der Waals surface area contributed by atoms with Gasteiger partial charge in [-0.3, -0.25) is 4.90 Å². The zero-order valence-corrected chi connectivity index (χ0v) is 20.9. The van der Waals surface area contributed by atoms with Crippen molar-refractivity contribution in [2.75, 3.05) is 37.8 Å². The van der Waals surface area contributed by atoms with Gasteiger partial charge in [0.25, 0.3) is 0 Å². The molecular formula is C23H33ClN8O3. The summed E-state index contributed by atoms with van der Waals surface area (Å²) in [5.41, 5.74) is 7.55. The van der Waals surface area contributed by atoms with Crippen LogP contribution in [-0.2, 0) is 11.3 Å². The number of aliphatic hydroxyl groups is 1. The van der Waals surface area contributed by atoms with Crippen molar-refractivity contribution in [3.05, 3.63) is 41.9 Å². The van der Waals surface area contributed by atoms with E-state index in [2.05, 4.69) is 44.3 Å². The highest BCUT2D eigenvalue weighted by Gasteiger charge is 2.24. The number of hydrogen-bond donors (Lipinski definition) is 4. The summed E-state index contributed by atoms with van der Waals surface area (Å²) in [7, 11) is 1.58. The van der Waals surface area contributed by atoms with Crippen LogP contribution in [0.15, 0.2) is 36.9 Å². The molecule has 2 amide bonds. The van der Waals surface area contributed by atoms with Gasteiger partial charge in [-0.05, 0) is 38.5 Å². The molecule has 3 aromatic rings. The minimum Gasteiger partial charge on any atom is -0.388 e. The van der Waals surface area contributed by atoms with Crippen LogP contribution in [0.4, 0.5) is 16.3 Å². The number of fused-ring (bicyclic) bond motifs is 1. The molecule has 1 unspecified atom stereocenters. The molecule has 0 aliphatic rings. The molecule has 5 N–H and O–H groups in total. The standard InChI is InChI=1S/C23H33ClN8O3/c1-15(2)31(9-5-8-26-23(34)30-17-7-4-6-16(24)10-17)12-19(35-3)18(33)11-32-14-29-20-21(25)27-13-28-22(20)32/h4,6-7,10,13-15,18-19,33H,5,8-9,11-12H2,1-3H3,(H2,25,27,28)(H2,26,30,34)/t18-,19?/m0/s1. The van der Waals surface area contributed by atoms with Gasteiger partial charge >= 0.3 is 6.03 Å². The first kappa shape index (κ1) is 26.6. The number of halogens is 1. The Hall–Kier alpha value is -2.99. The molecule has 0 spiro atoms. The first-order valence-electron chi connectivity index (χ1n) is 11.4. The van der Waals surface area contributed by atoms with E-state index < -0.39 is 12.2 Å². The van der Waals surface area contributed by atoms with Crippen LogP contribution in [0.5, 0.6) is 0 Å². The van der Waals surface area contributed by atoms with Crippen LogP contribution in [0.1, 0.15) is 20.3 Å². The second-order valence-electron chi connectivity index (χ2n) is 8.50. The number of nitrogens with two attached hydrogens (primary N) is 1. The van der Waals surface area contributed by atoms with Gasteiger partial charge in [0.1, 0.15) is 11.8 Å². The van der Waals surface area contributed by atoms with Gasteiger partial charge in [0.15, 0.2) is 11.5 Å². The van der Waals surface area contributed by atoms with Crippen molar-refractivity contribution in [3.8, 4) is 0 Å². The number of aromatic nitrogens is 4. The number of amides is 2. The summed E-state index contributed by atoms with van der Waals surface area (Å²) >= 11 is 5.95. The van der Waals surface area contributed by atoms with Crippen molar-refractivity contribution in [2.24, 2.45) is 0 Å². The number of benzene rings is 1. The molecule has 0 aliphatic carbocycles. The molecule has 2 heterocycles. The van der Waals surface area contributed by atoms with Gasteiger partial charge in [-0.25, -0.2) is 19.7 Å². The number of hydrogen-bond acceptors (Lipinski definition) is 8. The molecule has 0 fully saturated rings. The lowest BCUT2D eigenvalue weighted by Crippen LogP contribution is -2.45. The smallest absolute Gasteiger partial charge is 0.319 e. The van der Waals surface area contributed by atoms with Gasteiger partial charge in [0.2, 0.25) is 0 Å². The number of nitrogens with one attached hydrogen (secondary N) is 2. The normalized spacial score (nSPS) is 13.3. The molecule has 11 nitrogen and oxygen atoms in total. The van der Waals surface area contributed by atoms with Crippen molar-refractivity contribution in [1.29, 1.82) is 0 Å². The van der Waals surface area contributed by atoms with Crippen molar-refractivity contribution >= 4 is 40.3 Å². The molecule has 2 aromatic heterocycles. The van der Waals surface area contributed by atoms with Crippen molar-refractivity contribution in [2.45, 2.75) is 45.1 Å². The predicted octanol–water partition coefficient (Wildman–Crippen LogP) is 2.36. The van der Waals surface area contributed by atoms with Crippen LogP contribution in [-0.4, -0.2) is 80.6 Å². The number of ether oxygens (including phenoxy) is 1. The lowest BCUT2D eigenvalue weighted by molar-refractivity contribution is -0.0407. The minimum absolute atomic E-state index is 0.224. The number of imidazole rings is 1. The van der Waals surface area contributed by atoms with E-state index in [-0.39, 0.29) is 18.6 Å². The maximum absolute atomic E-state index is 12.1. The molecular weight excluding hydrogens is 472 g/mol. The first-order valence-corrected chi connectivity index (χ1v) is 11.8. The van der Waals surface area contributed by atoms with Gasteiger partial charge in [0.05, 0.1) is 25.1 Å². The Kier molecular flexibility index (Phi) is 9.61. The predicted molar refractivity (Wildman–Crippen MR) is 136 cm³/mol. The molecule has 0 saturated carbocycles. The number of urea groups is 1. The summed E-state index contributed by atoms with van der Waals surface area (Å²) in [6.45, 7) is 6.16. The Morgan fingerprint density at radius 1 is 1.31 bits per heavy atom. The number of carbonyl (C=O) groups excluding carboxylic acids is 1.